The van der Waals surface area contributed by atoms with Gasteiger partial charge in [-0.1, -0.05) is 15.9 Å². The van der Waals surface area contributed by atoms with Crippen LogP contribution in [0.3, 0.4) is 0 Å². The monoisotopic (exact) mass is 290 g/mol. The molecule has 0 N–H and O–H groups in total. The Morgan fingerprint density at radius 3 is 1.60 bits per heavy atom. The molecule has 0 saturated heterocycles. The summed E-state index contributed by atoms with van der Waals surface area (Å²) in [6.45, 7) is -0.697. The van der Waals surface area contributed by atoms with E-state index in [1.165, 1.54) is 0 Å². The van der Waals surface area contributed by atoms with Crippen molar-refractivity contribution in [1.82, 2.24) is 0 Å². The normalized spacial score (nSPS) is 10.8. The highest BCUT2D eigenvalue weighted by molar-refractivity contribution is 9.09. The van der Waals surface area contributed by atoms with E-state index in [2.05, 4.69) is 20.7 Å². The minimum Gasteiger partial charge on any atom is -0.365 e. The highest BCUT2D eigenvalue weighted by Gasteiger charge is 2.25. The number of ether oxygens (including phenoxy) is 1. The summed E-state index contributed by atoms with van der Waals surface area (Å²) in [6.07, 6.45) is 0. The van der Waals surface area contributed by atoms with E-state index in [1.54, 1.807) is 0 Å². The number of alkyl halides is 1. The first-order valence-corrected chi connectivity index (χ1v) is 4.76. The van der Waals surface area contributed by atoms with Gasteiger partial charge in [-0.05, 0) is 0 Å². The Balaban J connectivity index is 3.26. The molecule has 0 unspecified atom stereocenters. The lowest BCUT2D eigenvalue weighted by atomic mass is 10.2. The smallest absolute Gasteiger partial charge is 0.200 e. The molecule has 0 bridgehead atoms. The van der Waals surface area contributed by atoms with Crippen LogP contribution < -0.4 is 0 Å². The van der Waals surface area contributed by atoms with E-state index in [4.69, 9.17) is 0 Å². The Kier molecular flexibility index (Phi) is 4.04. The zero-order valence-electron chi connectivity index (χ0n) is 7.09. The lowest BCUT2D eigenvalue weighted by Gasteiger charge is -2.07. The number of rotatable bonds is 3. The summed E-state index contributed by atoms with van der Waals surface area (Å²) < 4.78 is 68.1. The Hall–Kier alpha value is -0.690. The van der Waals surface area contributed by atoms with Crippen molar-refractivity contribution in [1.29, 1.82) is 0 Å². The van der Waals surface area contributed by atoms with Gasteiger partial charge in [-0.15, -0.1) is 0 Å². The van der Waals surface area contributed by atoms with Crippen LogP contribution in [-0.2, 0) is 11.3 Å². The molecule has 0 aliphatic heterocycles. The van der Waals surface area contributed by atoms with E-state index in [-0.39, 0.29) is 5.52 Å². The maximum atomic E-state index is 12.9. The summed E-state index contributed by atoms with van der Waals surface area (Å²) >= 11 is 2.78. The average Bonchev–Trinajstić information content (AvgIpc) is 2.24. The number of benzene rings is 1. The molecule has 1 aromatic rings. The topological polar surface area (TPSA) is 9.23 Å². The SMILES string of the molecule is Fc1c(F)c(F)c(COCBr)c(F)c1F. The zero-order valence-corrected chi connectivity index (χ0v) is 8.68. The van der Waals surface area contributed by atoms with Gasteiger partial charge in [0.25, 0.3) is 0 Å². The van der Waals surface area contributed by atoms with Crippen LogP contribution in [-0.4, -0.2) is 5.52 Å². The molecule has 0 radical (unpaired) electrons. The van der Waals surface area contributed by atoms with E-state index in [1.807, 2.05) is 0 Å². The Morgan fingerprint density at radius 1 is 0.800 bits per heavy atom. The molecule has 0 aliphatic carbocycles. The van der Waals surface area contributed by atoms with Crippen LogP contribution in [0.25, 0.3) is 0 Å². The van der Waals surface area contributed by atoms with E-state index in [0.29, 0.717) is 0 Å². The minimum atomic E-state index is -2.17. The molecule has 0 aliphatic rings. The van der Waals surface area contributed by atoms with Crippen LogP contribution in [0.2, 0.25) is 0 Å². The predicted octanol–water partition coefficient (Wildman–Crippen LogP) is 3.25. The van der Waals surface area contributed by atoms with Crippen LogP contribution in [0.1, 0.15) is 5.56 Å². The molecular weight excluding hydrogens is 287 g/mol. The van der Waals surface area contributed by atoms with Crippen molar-refractivity contribution in [2.24, 2.45) is 0 Å². The molecule has 1 aromatic carbocycles. The fourth-order valence-electron chi connectivity index (χ4n) is 0.918. The van der Waals surface area contributed by atoms with Gasteiger partial charge in [-0.3, -0.25) is 0 Å². The summed E-state index contributed by atoms with van der Waals surface area (Å²) in [5, 5.41) is 0. The third-order valence-electron chi connectivity index (χ3n) is 1.62. The fourth-order valence-corrected chi connectivity index (χ4v) is 1.08. The van der Waals surface area contributed by atoms with Crippen molar-refractivity contribution in [3.63, 3.8) is 0 Å². The molecule has 0 aromatic heterocycles. The summed E-state index contributed by atoms with van der Waals surface area (Å²) in [4.78, 5) is 0. The lowest BCUT2D eigenvalue weighted by Crippen LogP contribution is -2.08. The molecule has 1 nitrogen and oxygen atoms in total. The standard InChI is InChI=1S/C8H4BrF5O/c9-2-15-1-3-4(10)6(12)8(14)7(13)5(3)11/h1-2H2. The third-order valence-corrected chi connectivity index (χ3v) is 1.95. The van der Waals surface area contributed by atoms with Gasteiger partial charge in [-0.2, -0.15) is 0 Å². The third kappa shape index (κ3) is 2.28. The van der Waals surface area contributed by atoms with E-state index < -0.39 is 41.3 Å². The molecule has 1 rings (SSSR count). The second kappa shape index (κ2) is 4.89. The first-order chi connectivity index (χ1) is 7.00. The van der Waals surface area contributed by atoms with Crippen LogP contribution in [0.15, 0.2) is 0 Å². The zero-order chi connectivity index (χ0) is 11.6. The van der Waals surface area contributed by atoms with E-state index in [9.17, 15) is 22.0 Å². The molecule has 0 spiro atoms. The largest absolute Gasteiger partial charge is 0.365 e. The lowest BCUT2D eigenvalue weighted by molar-refractivity contribution is 0.162. The van der Waals surface area contributed by atoms with Crippen molar-refractivity contribution < 1.29 is 26.7 Å². The molecule has 84 valence electrons. The van der Waals surface area contributed by atoms with Gasteiger partial charge in [0, 0.05) is 0 Å². The summed E-state index contributed by atoms with van der Waals surface area (Å²) in [5.74, 6) is -9.85. The van der Waals surface area contributed by atoms with Crippen molar-refractivity contribution in [2.45, 2.75) is 6.61 Å². The second-order valence-electron chi connectivity index (χ2n) is 2.51. The van der Waals surface area contributed by atoms with Crippen molar-refractivity contribution in [2.75, 3.05) is 5.52 Å². The molecule has 0 fully saturated rings. The maximum absolute atomic E-state index is 12.9. The minimum absolute atomic E-state index is 0.0769. The maximum Gasteiger partial charge on any atom is 0.200 e. The second-order valence-corrected chi connectivity index (χ2v) is 2.96. The van der Waals surface area contributed by atoms with Gasteiger partial charge in [-0.25, -0.2) is 22.0 Å². The number of hydrogen-bond acceptors (Lipinski definition) is 1. The number of halogens is 6. The summed E-state index contributed by atoms with van der Waals surface area (Å²) in [5.41, 5.74) is -1.06. The average molecular weight is 291 g/mol. The molecular formula is C8H4BrF5O. The van der Waals surface area contributed by atoms with Gasteiger partial charge >= 0.3 is 0 Å². The first-order valence-electron chi connectivity index (χ1n) is 3.64. The summed E-state index contributed by atoms with van der Waals surface area (Å²) in [7, 11) is 0. The predicted molar refractivity (Wildman–Crippen MR) is 44.8 cm³/mol. The van der Waals surface area contributed by atoms with E-state index >= 15 is 0 Å². The highest BCUT2D eigenvalue weighted by atomic mass is 79.9. The molecule has 0 amide bonds. The molecule has 15 heavy (non-hydrogen) atoms. The van der Waals surface area contributed by atoms with Gasteiger partial charge in [0.05, 0.1) is 12.2 Å². The van der Waals surface area contributed by atoms with Gasteiger partial charge < -0.3 is 4.74 Å². The molecule has 0 atom stereocenters. The van der Waals surface area contributed by atoms with Crippen LogP contribution in [0, 0.1) is 29.1 Å². The van der Waals surface area contributed by atoms with Crippen molar-refractivity contribution >= 4 is 15.9 Å². The molecule has 0 heterocycles. The summed E-state index contributed by atoms with van der Waals surface area (Å²) in [6, 6.07) is 0. The van der Waals surface area contributed by atoms with Crippen LogP contribution in [0.5, 0.6) is 0 Å². The Bertz CT molecular complexity index is 353. The van der Waals surface area contributed by atoms with Crippen molar-refractivity contribution in [3.8, 4) is 0 Å². The van der Waals surface area contributed by atoms with Crippen molar-refractivity contribution in [3.05, 3.63) is 34.6 Å². The van der Waals surface area contributed by atoms with Gasteiger partial charge in [0.15, 0.2) is 23.3 Å². The van der Waals surface area contributed by atoms with Crippen LogP contribution in [0.4, 0.5) is 22.0 Å². The number of hydrogen-bond donors (Lipinski definition) is 0. The first kappa shape index (κ1) is 12.4. The van der Waals surface area contributed by atoms with Crippen LogP contribution >= 0.6 is 15.9 Å². The van der Waals surface area contributed by atoms with Gasteiger partial charge in [0.1, 0.15) is 5.52 Å². The highest BCUT2D eigenvalue weighted by Crippen LogP contribution is 2.23. The van der Waals surface area contributed by atoms with Gasteiger partial charge in [0.2, 0.25) is 5.82 Å². The van der Waals surface area contributed by atoms with E-state index in [0.717, 1.165) is 0 Å². The molecule has 7 heteroatoms. The Labute approximate surface area is 90.0 Å². The molecule has 0 saturated carbocycles. The fraction of sp³-hybridized carbons (Fsp3) is 0.250. The quantitative estimate of drug-likeness (QED) is 0.359. The Morgan fingerprint density at radius 2 is 1.20 bits per heavy atom.